The van der Waals surface area contributed by atoms with Gasteiger partial charge in [-0.1, -0.05) is 0 Å². The second-order valence-corrected chi connectivity index (χ2v) is 4.16. The average Bonchev–Trinajstić information content (AvgIpc) is 2.95. The molecule has 0 aliphatic heterocycles. The van der Waals surface area contributed by atoms with Crippen molar-refractivity contribution in [1.29, 1.82) is 0 Å². The predicted octanol–water partition coefficient (Wildman–Crippen LogP) is -2.41. The summed E-state index contributed by atoms with van der Waals surface area (Å²) >= 11 is 0. The molecule has 0 radical (unpaired) electrons. The Morgan fingerprint density at radius 1 is 1.33 bits per heavy atom. The largest absolute Gasteiger partial charge is 0.394 e. The fourth-order valence-corrected chi connectivity index (χ4v) is 1.34. The van der Waals surface area contributed by atoms with Crippen molar-refractivity contribution in [3.05, 3.63) is 12.7 Å². The number of hydrogen-bond donors (Lipinski definition) is 6. The van der Waals surface area contributed by atoms with Gasteiger partial charge in [0, 0.05) is 0 Å². The maximum absolute atomic E-state index is 10.4. The summed E-state index contributed by atoms with van der Waals surface area (Å²) in [6.07, 6.45) is -1.79. The lowest BCUT2D eigenvalue weighted by atomic mass is 10.1. The van der Waals surface area contributed by atoms with Gasteiger partial charge in [0.25, 0.3) is 0 Å². The highest BCUT2D eigenvalue weighted by molar-refractivity contribution is 5.81. The third kappa shape index (κ3) is 4.43. The maximum atomic E-state index is 10.4. The number of anilines is 1. The Morgan fingerprint density at radius 2 is 2.00 bits per heavy atom. The van der Waals surface area contributed by atoms with Gasteiger partial charge in [0.15, 0.2) is 17.2 Å². The Morgan fingerprint density at radius 3 is 2.52 bits per heavy atom. The molecule has 21 heavy (non-hydrogen) atoms. The fourth-order valence-electron chi connectivity index (χ4n) is 1.34. The van der Waals surface area contributed by atoms with Crippen molar-refractivity contribution in [2.75, 3.05) is 12.3 Å². The first kappa shape index (κ1) is 16.9. The van der Waals surface area contributed by atoms with Gasteiger partial charge in [0.05, 0.1) is 12.9 Å². The number of rotatable bonds is 4. The normalized spacial score (nSPS) is 14.9. The third-order valence-corrected chi connectivity index (χ3v) is 2.57. The van der Waals surface area contributed by atoms with E-state index in [-0.39, 0.29) is 0 Å². The second-order valence-electron chi connectivity index (χ2n) is 4.16. The standard InChI is InChI=1S/C6H12O5.C5H5N5/c1-3(8)5(10)6(11)4(9)2-7;6-4-3-5(9-1-7-3)10-2-8-4/h4-7,9-11H,2H2,1H3;1-2H,(H3,6,7,8,9,10). The van der Waals surface area contributed by atoms with Gasteiger partial charge in [-0.05, 0) is 6.92 Å². The molecule has 2 aromatic heterocycles. The zero-order valence-electron chi connectivity index (χ0n) is 11.2. The van der Waals surface area contributed by atoms with Crippen LogP contribution in [0, 0.1) is 0 Å². The monoisotopic (exact) mass is 299 g/mol. The van der Waals surface area contributed by atoms with E-state index in [9.17, 15) is 4.79 Å². The summed E-state index contributed by atoms with van der Waals surface area (Å²) in [5.74, 6) is -0.215. The van der Waals surface area contributed by atoms with E-state index in [0.717, 1.165) is 6.92 Å². The highest BCUT2D eigenvalue weighted by atomic mass is 16.4. The number of carbonyl (C=O) groups is 1. The first-order chi connectivity index (χ1) is 9.88. The molecule has 0 spiro atoms. The van der Waals surface area contributed by atoms with Crippen LogP contribution in [-0.4, -0.2) is 71.1 Å². The Kier molecular flexibility index (Phi) is 6.11. The minimum atomic E-state index is -1.63. The number of fused-ring (bicyclic) bond motifs is 1. The van der Waals surface area contributed by atoms with Crippen LogP contribution in [0.15, 0.2) is 12.7 Å². The first-order valence-electron chi connectivity index (χ1n) is 5.93. The van der Waals surface area contributed by atoms with E-state index in [1.807, 2.05) is 0 Å². The quantitative estimate of drug-likeness (QED) is 0.358. The van der Waals surface area contributed by atoms with E-state index in [0.29, 0.717) is 17.0 Å². The number of nitrogen functional groups attached to an aromatic ring is 1. The molecule has 0 bridgehead atoms. The van der Waals surface area contributed by atoms with Crippen LogP contribution in [0.1, 0.15) is 6.92 Å². The Labute approximate surface area is 119 Å². The van der Waals surface area contributed by atoms with Gasteiger partial charge >= 0.3 is 0 Å². The highest BCUT2D eigenvalue weighted by Gasteiger charge is 2.26. The number of hydrogen-bond acceptors (Lipinski definition) is 9. The molecule has 0 fully saturated rings. The average molecular weight is 299 g/mol. The molecule has 3 atom stereocenters. The van der Waals surface area contributed by atoms with E-state index >= 15 is 0 Å². The smallest absolute Gasteiger partial charge is 0.182 e. The lowest BCUT2D eigenvalue weighted by Gasteiger charge is -2.18. The van der Waals surface area contributed by atoms with Crippen molar-refractivity contribution < 1.29 is 25.2 Å². The topological polar surface area (TPSA) is 178 Å². The van der Waals surface area contributed by atoms with Crippen LogP contribution in [-0.2, 0) is 4.79 Å². The van der Waals surface area contributed by atoms with Crippen LogP contribution >= 0.6 is 0 Å². The summed E-state index contributed by atoms with van der Waals surface area (Å²) in [5.41, 5.74) is 6.78. The fraction of sp³-hybridized carbons (Fsp3) is 0.455. The molecule has 10 nitrogen and oxygen atoms in total. The predicted molar refractivity (Wildman–Crippen MR) is 71.9 cm³/mol. The maximum Gasteiger partial charge on any atom is 0.182 e. The van der Waals surface area contributed by atoms with Crippen molar-refractivity contribution >= 4 is 22.8 Å². The molecular formula is C11H17N5O5. The van der Waals surface area contributed by atoms with Crippen LogP contribution in [0.2, 0.25) is 0 Å². The summed E-state index contributed by atoms with van der Waals surface area (Å²) in [7, 11) is 0. The number of nitrogens with one attached hydrogen (secondary N) is 1. The second kappa shape index (κ2) is 7.59. The molecule has 0 aliphatic carbocycles. The van der Waals surface area contributed by atoms with E-state index in [1.54, 1.807) is 0 Å². The molecule has 0 saturated carbocycles. The van der Waals surface area contributed by atoms with Crippen molar-refractivity contribution in [2.24, 2.45) is 0 Å². The van der Waals surface area contributed by atoms with Gasteiger partial charge in [-0.3, -0.25) is 4.79 Å². The SMILES string of the molecule is CC(=O)C(O)C(O)C(O)CO.Nc1ncnc2nc[nH]c12. The lowest BCUT2D eigenvalue weighted by molar-refractivity contribution is -0.137. The number of imidazole rings is 1. The van der Waals surface area contributed by atoms with E-state index in [4.69, 9.17) is 26.2 Å². The molecule has 0 amide bonds. The Bertz CT molecular complexity index is 589. The minimum Gasteiger partial charge on any atom is -0.394 e. The summed E-state index contributed by atoms with van der Waals surface area (Å²) < 4.78 is 0. The summed E-state index contributed by atoms with van der Waals surface area (Å²) in [6, 6.07) is 0. The molecule has 0 aromatic carbocycles. The van der Waals surface area contributed by atoms with E-state index in [2.05, 4.69) is 19.9 Å². The van der Waals surface area contributed by atoms with E-state index < -0.39 is 30.7 Å². The number of aliphatic hydroxyl groups excluding tert-OH is 4. The van der Waals surface area contributed by atoms with Crippen LogP contribution in [0.4, 0.5) is 5.82 Å². The summed E-state index contributed by atoms with van der Waals surface area (Å²) in [5, 5.41) is 34.7. The number of ketones is 1. The molecule has 7 N–H and O–H groups in total. The lowest BCUT2D eigenvalue weighted by Crippen LogP contribution is -2.42. The van der Waals surface area contributed by atoms with Gasteiger partial charge in [0.2, 0.25) is 0 Å². The van der Waals surface area contributed by atoms with Crippen molar-refractivity contribution in [3.63, 3.8) is 0 Å². The van der Waals surface area contributed by atoms with Crippen LogP contribution < -0.4 is 5.73 Å². The summed E-state index contributed by atoms with van der Waals surface area (Å²) in [6.45, 7) is 0.392. The Hall–Kier alpha value is -2.14. The van der Waals surface area contributed by atoms with Crippen molar-refractivity contribution in [1.82, 2.24) is 19.9 Å². The number of Topliss-reactive ketones (excluding diaryl/α,β-unsaturated/α-hetero) is 1. The molecule has 116 valence electrons. The zero-order valence-corrected chi connectivity index (χ0v) is 11.2. The van der Waals surface area contributed by atoms with Crippen LogP contribution in [0.25, 0.3) is 11.2 Å². The van der Waals surface area contributed by atoms with Gasteiger partial charge in [-0.25, -0.2) is 15.0 Å². The summed E-state index contributed by atoms with van der Waals surface area (Å²) in [4.78, 5) is 24.8. The molecular weight excluding hydrogens is 282 g/mol. The molecule has 10 heteroatoms. The van der Waals surface area contributed by atoms with E-state index in [1.165, 1.54) is 12.7 Å². The van der Waals surface area contributed by atoms with Gasteiger partial charge in [-0.15, -0.1) is 0 Å². The van der Waals surface area contributed by atoms with Gasteiger partial charge in [0.1, 0.15) is 30.2 Å². The third-order valence-electron chi connectivity index (χ3n) is 2.57. The number of H-pyrrole nitrogens is 1. The van der Waals surface area contributed by atoms with Crippen molar-refractivity contribution in [2.45, 2.75) is 25.2 Å². The minimum absolute atomic E-state index is 0.433. The molecule has 3 unspecified atom stereocenters. The van der Waals surface area contributed by atoms with Gasteiger partial charge in [-0.2, -0.15) is 0 Å². The number of aromatic amines is 1. The number of nitrogens with zero attached hydrogens (tertiary/aromatic N) is 3. The molecule has 2 heterocycles. The van der Waals surface area contributed by atoms with Crippen molar-refractivity contribution in [3.8, 4) is 0 Å². The van der Waals surface area contributed by atoms with Crippen LogP contribution in [0.5, 0.6) is 0 Å². The molecule has 0 aliphatic rings. The molecule has 2 aromatic rings. The number of carbonyl (C=O) groups excluding carboxylic acids is 1. The highest BCUT2D eigenvalue weighted by Crippen LogP contribution is 2.09. The number of aromatic nitrogens is 4. The first-order valence-corrected chi connectivity index (χ1v) is 5.93. The number of aliphatic hydroxyl groups is 4. The van der Waals surface area contributed by atoms with Crippen LogP contribution in [0.3, 0.4) is 0 Å². The molecule has 0 saturated heterocycles. The molecule has 2 rings (SSSR count). The van der Waals surface area contributed by atoms with Gasteiger partial charge < -0.3 is 31.1 Å². The Balaban J connectivity index is 0.000000210. The number of nitrogens with two attached hydrogens (primary N) is 1. The zero-order chi connectivity index (χ0) is 16.0.